The number of likely N-dealkylation sites (tertiary alicyclic amines) is 1. The molecule has 0 spiro atoms. The summed E-state index contributed by atoms with van der Waals surface area (Å²) >= 11 is 0. The molecule has 2 aromatic rings. The van der Waals surface area contributed by atoms with Gasteiger partial charge in [-0.05, 0) is 49.8 Å². The van der Waals surface area contributed by atoms with Crippen LogP contribution in [0.3, 0.4) is 0 Å². The van der Waals surface area contributed by atoms with Gasteiger partial charge in [0.05, 0.1) is 7.11 Å². The van der Waals surface area contributed by atoms with Gasteiger partial charge in [-0.1, -0.05) is 26.2 Å². The summed E-state index contributed by atoms with van der Waals surface area (Å²) in [6.45, 7) is 7.27. The lowest BCUT2D eigenvalue weighted by atomic mass is 9.84. The minimum absolute atomic E-state index is 0.0222. The van der Waals surface area contributed by atoms with Crippen LogP contribution in [0.25, 0.3) is 10.9 Å². The normalized spacial score (nSPS) is 21.9. The molecular weight excluding hydrogens is 440 g/mol. The van der Waals surface area contributed by atoms with Gasteiger partial charge in [-0.2, -0.15) is 0 Å². The fraction of sp³-hybridized carbons (Fsp3) is 0.643. The van der Waals surface area contributed by atoms with E-state index in [9.17, 15) is 9.59 Å². The van der Waals surface area contributed by atoms with Gasteiger partial charge in [-0.15, -0.1) is 0 Å². The van der Waals surface area contributed by atoms with Crippen molar-refractivity contribution < 1.29 is 14.3 Å². The number of aromatic amines is 1. The third-order valence-electron chi connectivity index (χ3n) is 8.70. The molecule has 2 amide bonds. The SMILES string of the molecule is COc1ccc2cc(C(=O)N3CCC(C(C)C(=O)N4CCN(C5CCCCC5)CC4)CC3)[nH]c2c1. The molecule has 1 aliphatic carbocycles. The number of benzene rings is 1. The molecule has 35 heavy (non-hydrogen) atoms. The first-order valence-corrected chi connectivity index (χ1v) is 13.5. The van der Waals surface area contributed by atoms with E-state index in [1.165, 1.54) is 32.1 Å². The highest BCUT2D eigenvalue weighted by molar-refractivity contribution is 5.98. The summed E-state index contributed by atoms with van der Waals surface area (Å²) in [6.07, 6.45) is 8.52. The smallest absolute Gasteiger partial charge is 0.270 e. The van der Waals surface area contributed by atoms with Crippen LogP contribution in [0.5, 0.6) is 5.75 Å². The van der Waals surface area contributed by atoms with E-state index < -0.39 is 0 Å². The molecule has 1 aromatic carbocycles. The van der Waals surface area contributed by atoms with Crippen molar-refractivity contribution in [3.8, 4) is 5.75 Å². The Hall–Kier alpha value is -2.54. The number of ether oxygens (including phenoxy) is 1. The number of carbonyl (C=O) groups is 2. The zero-order valence-corrected chi connectivity index (χ0v) is 21.3. The summed E-state index contributed by atoms with van der Waals surface area (Å²) in [5.41, 5.74) is 1.53. The molecule has 1 saturated carbocycles. The predicted octanol–water partition coefficient (Wildman–Crippen LogP) is 4.14. The second kappa shape index (κ2) is 10.6. The second-order valence-electron chi connectivity index (χ2n) is 10.7. The van der Waals surface area contributed by atoms with Crippen LogP contribution in [0, 0.1) is 11.8 Å². The van der Waals surface area contributed by atoms with Crippen LogP contribution in [0.15, 0.2) is 24.3 Å². The van der Waals surface area contributed by atoms with E-state index in [1.807, 2.05) is 29.2 Å². The number of aromatic nitrogens is 1. The van der Waals surface area contributed by atoms with Gasteiger partial charge in [0, 0.05) is 68.2 Å². The summed E-state index contributed by atoms with van der Waals surface area (Å²) in [7, 11) is 1.64. The molecule has 1 N–H and O–H groups in total. The first-order valence-electron chi connectivity index (χ1n) is 13.5. The van der Waals surface area contributed by atoms with Gasteiger partial charge in [-0.25, -0.2) is 0 Å². The molecular formula is C28H40N4O3. The van der Waals surface area contributed by atoms with Crippen LogP contribution in [-0.2, 0) is 4.79 Å². The van der Waals surface area contributed by atoms with Crippen LogP contribution in [0.4, 0.5) is 0 Å². The number of hydrogen-bond donors (Lipinski definition) is 1. The molecule has 1 atom stereocenters. The number of methoxy groups -OCH3 is 1. The van der Waals surface area contributed by atoms with Gasteiger partial charge in [0.15, 0.2) is 0 Å². The summed E-state index contributed by atoms with van der Waals surface area (Å²) in [4.78, 5) is 36.3. The number of rotatable bonds is 5. The quantitative estimate of drug-likeness (QED) is 0.698. The minimum atomic E-state index is 0.0222. The Balaban J connectivity index is 1.11. The lowest BCUT2D eigenvalue weighted by molar-refractivity contribution is -0.139. The van der Waals surface area contributed by atoms with Crippen LogP contribution in [0.1, 0.15) is 62.4 Å². The van der Waals surface area contributed by atoms with Gasteiger partial charge >= 0.3 is 0 Å². The van der Waals surface area contributed by atoms with E-state index in [2.05, 4.69) is 21.7 Å². The molecule has 7 heteroatoms. The number of piperidine rings is 1. The number of carbonyl (C=O) groups excluding carboxylic acids is 2. The average Bonchev–Trinajstić information content (AvgIpc) is 3.36. The average molecular weight is 481 g/mol. The topological polar surface area (TPSA) is 68.9 Å². The van der Waals surface area contributed by atoms with E-state index in [-0.39, 0.29) is 11.8 Å². The van der Waals surface area contributed by atoms with Gasteiger partial charge in [0.2, 0.25) is 5.91 Å². The van der Waals surface area contributed by atoms with E-state index in [1.54, 1.807) is 7.11 Å². The molecule has 1 unspecified atom stereocenters. The van der Waals surface area contributed by atoms with Crippen LogP contribution in [-0.4, -0.2) is 83.9 Å². The highest BCUT2D eigenvalue weighted by atomic mass is 16.5. The van der Waals surface area contributed by atoms with E-state index >= 15 is 0 Å². The van der Waals surface area contributed by atoms with Crippen LogP contribution >= 0.6 is 0 Å². The van der Waals surface area contributed by atoms with Crippen LogP contribution < -0.4 is 4.74 Å². The molecule has 2 aliphatic heterocycles. The van der Waals surface area contributed by atoms with Crippen molar-refractivity contribution >= 4 is 22.7 Å². The summed E-state index contributed by atoms with van der Waals surface area (Å²) in [5, 5.41) is 1.01. The number of H-pyrrole nitrogens is 1. The molecule has 2 saturated heterocycles. The lowest BCUT2D eigenvalue weighted by Gasteiger charge is -2.42. The van der Waals surface area contributed by atoms with Crippen molar-refractivity contribution in [3.63, 3.8) is 0 Å². The lowest BCUT2D eigenvalue weighted by Crippen LogP contribution is -2.54. The number of amides is 2. The maximum Gasteiger partial charge on any atom is 0.270 e. The fourth-order valence-electron chi connectivity index (χ4n) is 6.36. The van der Waals surface area contributed by atoms with Gasteiger partial charge in [0.25, 0.3) is 5.91 Å². The van der Waals surface area contributed by atoms with Crippen LogP contribution in [0.2, 0.25) is 0 Å². The Morgan fingerprint density at radius 3 is 2.31 bits per heavy atom. The Kier molecular flexibility index (Phi) is 7.32. The Labute approximate surface area is 208 Å². The molecule has 1 aromatic heterocycles. The number of nitrogens with zero attached hydrogens (tertiary/aromatic N) is 3. The Bertz CT molecular complexity index is 1030. The van der Waals surface area contributed by atoms with Crippen molar-refractivity contribution in [3.05, 3.63) is 30.0 Å². The third kappa shape index (κ3) is 5.20. The van der Waals surface area contributed by atoms with Crippen molar-refractivity contribution in [2.45, 2.75) is 57.9 Å². The van der Waals surface area contributed by atoms with E-state index in [0.29, 0.717) is 30.6 Å². The monoisotopic (exact) mass is 480 g/mol. The minimum Gasteiger partial charge on any atom is -0.497 e. The van der Waals surface area contributed by atoms with Crippen molar-refractivity contribution in [2.75, 3.05) is 46.4 Å². The van der Waals surface area contributed by atoms with Gasteiger partial charge < -0.3 is 19.5 Å². The summed E-state index contributed by atoms with van der Waals surface area (Å²) in [6, 6.07) is 8.45. The third-order valence-corrected chi connectivity index (χ3v) is 8.70. The molecule has 0 bridgehead atoms. The zero-order chi connectivity index (χ0) is 24.4. The van der Waals surface area contributed by atoms with Crippen molar-refractivity contribution in [1.29, 1.82) is 0 Å². The molecule has 190 valence electrons. The first kappa shape index (κ1) is 24.2. The number of hydrogen-bond acceptors (Lipinski definition) is 4. The molecule has 7 nitrogen and oxygen atoms in total. The van der Waals surface area contributed by atoms with Gasteiger partial charge in [-0.3, -0.25) is 14.5 Å². The Morgan fingerprint density at radius 1 is 0.914 bits per heavy atom. The fourth-order valence-corrected chi connectivity index (χ4v) is 6.36. The molecule has 3 heterocycles. The van der Waals surface area contributed by atoms with E-state index in [4.69, 9.17) is 4.74 Å². The molecule has 3 aliphatic rings. The van der Waals surface area contributed by atoms with Crippen molar-refractivity contribution in [1.82, 2.24) is 19.7 Å². The standard InChI is InChI=1S/C28H40N4O3/c1-20(27(33)32-16-14-30(15-17-32)23-6-4-3-5-7-23)21-10-12-31(13-11-21)28(34)26-18-22-8-9-24(35-2)19-25(22)29-26/h8-9,18-21,23,29H,3-7,10-17H2,1-2H3. The number of nitrogens with one attached hydrogen (secondary N) is 1. The Morgan fingerprint density at radius 2 is 1.63 bits per heavy atom. The maximum atomic E-state index is 13.3. The largest absolute Gasteiger partial charge is 0.497 e. The highest BCUT2D eigenvalue weighted by Crippen LogP contribution is 2.29. The first-order chi connectivity index (χ1) is 17.0. The van der Waals surface area contributed by atoms with Gasteiger partial charge in [0.1, 0.15) is 11.4 Å². The number of fused-ring (bicyclic) bond motifs is 1. The summed E-state index contributed by atoms with van der Waals surface area (Å²) in [5.74, 6) is 1.48. The molecule has 3 fully saturated rings. The zero-order valence-electron chi connectivity index (χ0n) is 21.3. The number of piperazine rings is 1. The summed E-state index contributed by atoms with van der Waals surface area (Å²) < 4.78 is 5.29. The molecule has 5 rings (SSSR count). The highest BCUT2D eigenvalue weighted by Gasteiger charge is 2.34. The maximum absolute atomic E-state index is 13.3. The van der Waals surface area contributed by atoms with E-state index in [0.717, 1.165) is 61.7 Å². The van der Waals surface area contributed by atoms with Crippen molar-refractivity contribution in [2.24, 2.45) is 11.8 Å². The molecule has 0 radical (unpaired) electrons. The second-order valence-corrected chi connectivity index (χ2v) is 10.7. The predicted molar refractivity (Wildman–Crippen MR) is 138 cm³/mol.